The van der Waals surface area contributed by atoms with Gasteiger partial charge in [-0.3, -0.25) is 9.67 Å². The standard InChI is InChI=1S/C24H31N5O/c1-3-15-30-19-23-12-7-5-10-21(23)17-27-24(25-2)26-16-20-9-4-6-11-22(20)18-29-14-8-13-28-29/h4-14H,3,15-19H2,1-2H3,(H2,25,26,27). The highest BCUT2D eigenvalue weighted by atomic mass is 16.5. The van der Waals surface area contributed by atoms with Crippen molar-refractivity contribution in [1.82, 2.24) is 20.4 Å². The largest absolute Gasteiger partial charge is 0.377 e. The molecule has 158 valence electrons. The van der Waals surface area contributed by atoms with Gasteiger partial charge in [-0.1, -0.05) is 55.5 Å². The minimum absolute atomic E-state index is 0.637. The topological polar surface area (TPSA) is 63.5 Å². The van der Waals surface area contributed by atoms with Crippen LogP contribution in [0.1, 0.15) is 35.6 Å². The molecule has 1 heterocycles. The van der Waals surface area contributed by atoms with Crippen LogP contribution < -0.4 is 10.6 Å². The molecule has 3 aromatic rings. The van der Waals surface area contributed by atoms with Crippen molar-refractivity contribution >= 4 is 5.96 Å². The highest BCUT2D eigenvalue weighted by molar-refractivity contribution is 5.79. The van der Waals surface area contributed by atoms with E-state index in [1.807, 2.05) is 16.9 Å². The second-order valence-electron chi connectivity index (χ2n) is 7.07. The third-order valence-corrected chi connectivity index (χ3v) is 4.85. The van der Waals surface area contributed by atoms with Crippen molar-refractivity contribution in [2.24, 2.45) is 4.99 Å². The van der Waals surface area contributed by atoms with Gasteiger partial charge in [-0.15, -0.1) is 0 Å². The third-order valence-electron chi connectivity index (χ3n) is 4.85. The molecular formula is C24H31N5O. The van der Waals surface area contributed by atoms with E-state index in [0.29, 0.717) is 19.7 Å². The Labute approximate surface area is 179 Å². The lowest BCUT2D eigenvalue weighted by molar-refractivity contribution is 0.121. The zero-order valence-electron chi connectivity index (χ0n) is 17.8. The first-order chi connectivity index (χ1) is 14.8. The summed E-state index contributed by atoms with van der Waals surface area (Å²) in [6.07, 6.45) is 4.81. The highest BCUT2D eigenvalue weighted by Crippen LogP contribution is 2.11. The van der Waals surface area contributed by atoms with Gasteiger partial charge in [0, 0.05) is 39.1 Å². The molecule has 0 saturated carbocycles. The van der Waals surface area contributed by atoms with Gasteiger partial charge in [-0.25, -0.2) is 0 Å². The fraction of sp³-hybridized carbons (Fsp3) is 0.333. The Morgan fingerprint density at radius 2 is 1.57 bits per heavy atom. The fourth-order valence-electron chi connectivity index (χ4n) is 3.23. The normalized spacial score (nSPS) is 11.5. The van der Waals surface area contributed by atoms with Crippen molar-refractivity contribution in [2.75, 3.05) is 13.7 Å². The van der Waals surface area contributed by atoms with Crippen LogP contribution in [0.15, 0.2) is 72.0 Å². The molecule has 2 aromatic carbocycles. The van der Waals surface area contributed by atoms with Gasteiger partial charge in [-0.05, 0) is 34.7 Å². The average molecular weight is 406 g/mol. The maximum Gasteiger partial charge on any atom is 0.191 e. The van der Waals surface area contributed by atoms with Crippen molar-refractivity contribution < 1.29 is 4.74 Å². The average Bonchev–Trinajstić information content (AvgIpc) is 3.29. The summed E-state index contributed by atoms with van der Waals surface area (Å²) in [6.45, 7) is 5.68. The molecule has 2 N–H and O–H groups in total. The monoisotopic (exact) mass is 405 g/mol. The number of hydrogen-bond donors (Lipinski definition) is 2. The quantitative estimate of drug-likeness (QED) is 0.307. The number of aromatic nitrogens is 2. The molecule has 0 fully saturated rings. The van der Waals surface area contributed by atoms with Crippen LogP contribution in [0.2, 0.25) is 0 Å². The molecular weight excluding hydrogens is 374 g/mol. The van der Waals surface area contributed by atoms with Crippen LogP contribution in [0.4, 0.5) is 0 Å². The third kappa shape index (κ3) is 6.46. The Bertz CT molecular complexity index is 921. The van der Waals surface area contributed by atoms with Gasteiger partial charge in [0.15, 0.2) is 5.96 Å². The predicted molar refractivity (Wildman–Crippen MR) is 121 cm³/mol. The first-order valence-corrected chi connectivity index (χ1v) is 10.4. The highest BCUT2D eigenvalue weighted by Gasteiger charge is 2.06. The van der Waals surface area contributed by atoms with Gasteiger partial charge >= 0.3 is 0 Å². The van der Waals surface area contributed by atoms with Gasteiger partial charge in [0.2, 0.25) is 0 Å². The molecule has 1 aromatic heterocycles. The summed E-state index contributed by atoms with van der Waals surface area (Å²) in [5.41, 5.74) is 4.89. The van der Waals surface area contributed by atoms with Crippen LogP contribution in [0.3, 0.4) is 0 Å². The van der Waals surface area contributed by atoms with Crippen LogP contribution >= 0.6 is 0 Å². The zero-order chi connectivity index (χ0) is 21.0. The van der Waals surface area contributed by atoms with Crippen LogP contribution in [-0.2, 0) is 31.0 Å². The summed E-state index contributed by atoms with van der Waals surface area (Å²) in [5, 5.41) is 11.2. The Balaban J connectivity index is 1.56. The van der Waals surface area contributed by atoms with E-state index in [1.165, 1.54) is 22.3 Å². The van der Waals surface area contributed by atoms with Crippen LogP contribution in [-0.4, -0.2) is 29.4 Å². The summed E-state index contributed by atoms with van der Waals surface area (Å²) >= 11 is 0. The molecule has 3 rings (SSSR count). The molecule has 0 spiro atoms. The maximum atomic E-state index is 5.72. The van der Waals surface area contributed by atoms with E-state index >= 15 is 0 Å². The molecule has 6 heteroatoms. The number of nitrogens with one attached hydrogen (secondary N) is 2. The van der Waals surface area contributed by atoms with E-state index in [4.69, 9.17) is 4.74 Å². The molecule has 0 bridgehead atoms. The number of guanidine groups is 1. The summed E-state index contributed by atoms with van der Waals surface area (Å²) in [5.74, 6) is 0.771. The number of benzene rings is 2. The molecule has 0 amide bonds. The van der Waals surface area contributed by atoms with Crippen molar-refractivity contribution in [3.05, 3.63) is 89.2 Å². The summed E-state index contributed by atoms with van der Waals surface area (Å²) in [6, 6.07) is 18.7. The van der Waals surface area contributed by atoms with Gasteiger partial charge in [0.05, 0.1) is 13.2 Å². The Kier molecular flexibility index (Phi) is 8.47. The smallest absolute Gasteiger partial charge is 0.191 e. The van der Waals surface area contributed by atoms with E-state index < -0.39 is 0 Å². The number of nitrogens with zero attached hydrogens (tertiary/aromatic N) is 3. The molecule has 0 aliphatic rings. The first-order valence-electron chi connectivity index (χ1n) is 10.4. The molecule has 0 saturated heterocycles. The van der Waals surface area contributed by atoms with Crippen molar-refractivity contribution in [1.29, 1.82) is 0 Å². The Morgan fingerprint density at radius 1 is 0.933 bits per heavy atom. The van der Waals surface area contributed by atoms with Crippen molar-refractivity contribution in [2.45, 2.75) is 39.6 Å². The Morgan fingerprint density at radius 3 is 2.17 bits per heavy atom. The van der Waals surface area contributed by atoms with E-state index in [1.54, 1.807) is 13.2 Å². The molecule has 0 atom stereocenters. The zero-order valence-corrected chi connectivity index (χ0v) is 17.8. The predicted octanol–water partition coefficient (Wildman–Crippen LogP) is 3.72. The second kappa shape index (κ2) is 11.8. The molecule has 0 radical (unpaired) electrons. The fourth-order valence-corrected chi connectivity index (χ4v) is 3.23. The minimum atomic E-state index is 0.637. The SMILES string of the molecule is CCCOCc1ccccc1CNC(=NC)NCc1ccccc1Cn1cccn1. The van der Waals surface area contributed by atoms with Gasteiger partial charge in [-0.2, -0.15) is 5.10 Å². The molecule has 0 aliphatic carbocycles. The Hall–Kier alpha value is -3.12. The molecule has 6 nitrogen and oxygen atoms in total. The second-order valence-corrected chi connectivity index (χ2v) is 7.07. The van der Waals surface area contributed by atoms with Crippen molar-refractivity contribution in [3.63, 3.8) is 0 Å². The first kappa shape index (κ1) is 21.6. The van der Waals surface area contributed by atoms with Crippen LogP contribution in [0.25, 0.3) is 0 Å². The van der Waals surface area contributed by atoms with Crippen molar-refractivity contribution in [3.8, 4) is 0 Å². The van der Waals surface area contributed by atoms with Gasteiger partial charge in [0.1, 0.15) is 0 Å². The number of hydrogen-bond acceptors (Lipinski definition) is 3. The molecule has 0 unspecified atom stereocenters. The minimum Gasteiger partial charge on any atom is -0.377 e. The van der Waals surface area contributed by atoms with E-state index in [-0.39, 0.29) is 0 Å². The maximum absolute atomic E-state index is 5.72. The number of rotatable bonds is 10. The molecule has 0 aliphatic heterocycles. The lowest BCUT2D eigenvalue weighted by atomic mass is 10.1. The van der Waals surface area contributed by atoms with Gasteiger partial charge in [0.25, 0.3) is 0 Å². The molecule has 30 heavy (non-hydrogen) atoms. The van der Waals surface area contributed by atoms with E-state index in [2.05, 4.69) is 76.2 Å². The lowest BCUT2D eigenvalue weighted by Gasteiger charge is -2.16. The van der Waals surface area contributed by atoms with Crippen LogP contribution in [0.5, 0.6) is 0 Å². The lowest BCUT2D eigenvalue weighted by Crippen LogP contribution is -2.36. The van der Waals surface area contributed by atoms with Gasteiger partial charge < -0.3 is 15.4 Å². The van der Waals surface area contributed by atoms with Crippen LogP contribution in [0, 0.1) is 0 Å². The number of aliphatic imine (C=N–C) groups is 1. The van der Waals surface area contributed by atoms with E-state index in [9.17, 15) is 0 Å². The van der Waals surface area contributed by atoms with E-state index in [0.717, 1.165) is 25.5 Å². The summed E-state index contributed by atoms with van der Waals surface area (Å²) in [4.78, 5) is 4.37. The number of ether oxygens (including phenoxy) is 1. The summed E-state index contributed by atoms with van der Waals surface area (Å²) < 4.78 is 7.66. The summed E-state index contributed by atoms with van der Waals surface area (Å²) in [7, 11) is 1.79.